The first-order valence-electron chi connectivity index (χ1n) is 6.45. The molecule has 106 valence electrons. The second-order valence-corrected chi connectivity index (χ2v) is 4.95. The van der Waals surface area contributed by atoms with Crippen molar-refractivity contribution in [2.45, 2.75) is 19.6 Å². The summed E-state index contributed by atoms with van der Waals surface area (Å²) in [5.74, 6) is 0.260. The Labute approximate surface area is 123 Å². The van der Waals surface area contributed by atoms with Gasteiger partial charge < -0.3 is 10.1 Å². The van der Waals surface area contributed by atoms with Crippen molar-refractivity contribution in [2.75, 3.05) is 7.05 Å². The van der Waals surface area contributed by atoms with Crippen LogP contribution in [0.25, 0.3) is 0 Å². The van der Waals surface area contributed by atoms with E-state index in [0.717, 1.165) is 5.56 Å². The zero-order valence-electron chi connectivity index (χ0n) is 11.5. The van der Waals surface area contributed by atoms with Crippen molar-refractivity contribution in [1.82, 2.24) is 5.32 Å². The summed E-state index contributed by atoms with van der Waals surface area (Å²) in [7, 11) is 1.79. The monoisotopic (exact) mass is 293 g/mol. The molecule has 1 N–H and O–H groups in total. The predicted molar refractivity (Wildman–Crippen MR) is 79.7 cm³/mol. The van der Waals surface area contributed by atoms with Crippen LogP contribution in [0.1, 0.15) is 24.1 Å². The molecule has 4 heteroatoms. The van der Waals surface area contributed by atoms with Gasteiger partial charge in [0.15, 0.2) is 0 Å². The summed E-state index contributed by atoms with van der Waals surface area (Å²) < 4.78 is 19.7. The predicted octanol–water partition coefficient (Wildman–Crippen LogP) is 4.34. The standard InChI is InChI=1S/C16H17ClFNO/c1-11(19-2)16-14(18)8-5-9-15(16)20-10-12-6-3-4-7-13(12)17/h3-9,11,19H,10H2,1-2H3. The molecule has 0 saturated carbocycles. The van der Waals surface area contributed by atoms with Crippen molar-refractivity contribution in [3.8, 4) is 5.75 Å². The van der Waals surface area contributed by atoms with Crippen LogP contribution in [0, 0.1) is 5.82 Å². The van der Waals surface area contributed by atoms with Crippen molar-refractivity contribution in [3.63, 3.8) is 0 Å². The Hall–Kier alpha value is -1.58. The van der Waals surface area contributed by atoms with Crippen molar-refractivity contribution < 1.29 is 9.13 Å². The topological polar surface area (TPSA) is 21.3 Å². The number of hydrogen-bond acceptors (Lipinski definition) is 2. The summed E-state index contributed by atoms with van der Waals surface area (Å²) in [6, 6.07) is 12.2. The van der Waals surface area contributed by atoms with Crippen molar-refractivity contribution >= 4 is 11.6 Å². The highest BCUT2D eigenvalue weighted by Gasteiger charge is 2.15. The number of benzene rings is 2. The fraction of sp³-hybridized carbons (Fsp3) is 0.250. The van der Waals surface area contributed by atoms with Gasteiger partial charge in [-0.3, -0.25) is 0 Å². The lowest BCUT2D eigenvalue weighted by atomic mass is 10.1. The van der Waals surface area contributed by atoms with Gasteiger partial charge in [-0.05, 0) is 32.2 Å². The maximum atomic E-state index is 13.9. The molecular formula is C16H17ClFNO. The van der Waals surface area contributed by atoms with Gasteiger partial charge in [-0.2, -0.15) is 0 Å². The summed E-state index contributed by atoms with van der Waals surface area (Å²) in [6.45, 7) is 2.20. The van der Waals surface area contributed by atoms with Crippen molar-refractivity contribution in [2.24, 2.45) is 0 Å². The summed E-state index contributed by atoms with van der Waals surface area (Å²) >= 11 is 6.08. The Balaban J connectivity index is 2.22. The van der Waals surface area contributed by atoms with Crippen LogP contribution in [0.3, 0.4) is 0 Å². The van der Waals surface area contributed by atoms with E-state index in [-0.39, 0.29) is 11.9 Å². The molecule has 0 radical (unpaired) electrons. The molecule has 0 fully saturated rings. The van der Waals surface area contributed by atoms with E-state index in [2.05, 4.69) is 5.32 Å². The highest BCUT2D eigenvalue weighted by molar-refractivity contribution is 6.31. The Morgan fingerprint density at radius 1 is 1.20 bits per heavy atom. The fourth-order valence-corrected chi connectivity index (χ4v) is 2.17. The Bertz CT molecular complexity index is 588. The van der Waals surface area contributed by atoms with Crippen LogP contribution in [-0.4, -0.2) is 7.05 Å². The minimum absolute atomic E-state index is 0.127. The molecule has 0 saturated heterocycles. The number of halogens is 2. The van der Waals surface area contributed by atoms with Gasteiger partial charge in [0.25, 0.3) is 0 Å². The van der Waals surface area contributed by atoms with Gasteiger partial charge in [0.2, 0.25) is 0 Å². The summed E-state index contributed by atoms with van der Waals surface area (Å²) in [6.07, 6.45) is 0. The third kappa shape index (κ3) is 3.30. The van der Waals surface area contributed by atoms with Gasteiger partial charge in [-0.15, -0.1) is 0 Å². The van der Waals surface area contributed by atoms with Crippen LogP contribution in [0.15, 0.2) is 42.5 Å². The zero-order chi connectivity index (χ0) is 14.5. The number of rotatable bonds is 5. The lowest BCUT2D eigenvalue weighted by Gasteiger charge is -2.17. The molecule has 0 amide bonds. The molecule has 0 aliphatic rings. The Morgan fingerprint density at radius 2 is 1.95 bits per heavy atom. The molecule has 1 atom stereocenters. The number of nitrogens with one attached hydrogen (secondary N) is 1. The fourth-order valence-electron chi connectivity index (χ4n) is 1.98. The molecule has 0 aliphatic carbocycles. The van der Waals surface area contributed by atoms with Crippen molar-refractivity contribution in [1.29, 1.82) is 0 Å². The van der Waals surface area contributed by atoms with Crippen LogP contribution in [0.5, 0.6) is 5.75 Å². The molecule has 20 heavy (non-hydrogen) atoms. The highest BCUT2D eigenvalue weighted by atomic mass is 35.5. The first-order valence-corrected chi connectivity index (χ1v) is 6.83. The van der Waals surface area contributed by atoms with Crippen LogP contribution < -0.4 is 10.1 Å². The van der Waals surface area contributed by atoms with E-state index in [9.17, 15) is 4.39 Å². The lowest BCUT2D eigenvalue weighted by molar-refractivity contribution is 0.297. The summed E-state index contributed by atoms with van der Waals surface area (Å²) in [5.41, 5.74) is 1.41. The molecule has 0 aromatic heterocycles. The van der Waals surface area contributed by atoms with Gasteiger partial charge in [-0.25, -0.2) is 4.39 Å². The molecule has 0 aliphatic heterocycles. The maximum absolute atomic E-state index is 13.9. The van der Waals surface area contributed by atoms with Crippen LogP contribution in [0.2, 0.25) is 5.02 Å². The van der Waals surface area contributed by atoms with Gasteiger partial charge in [0.05, 0.1) is 0 Å². The molecule has 2 rings (SSSR count). The average molecular weight is 294 g/mol. The number of hydrogen-bond donors (Lipinski definition) is 1. The SMILES string of the molecule is CNC(C)c1c(F)cccc1OCc1ccccc1Cl. The van der Waals surface area contributed by atoms with E-state index in [1.165, 1.54) is 6.07 Å². The minimum atomic E-state index is -0.275. The van der Waals surface area contributed by atoms with Crippen LogP contribution in [-0.2, 0) is 6.61 Å². The first kappa shape index (κ1) is 14.8. The lowest BCUT2D eigenvalue weighted by Crippen LogP contribution is -2.15. The van der Waals surface area contributed by atoms with Crippen LogP contribution >= 0.6 is 11.6 Å². The number of ether oxygens (including phenoxy) is 1. The average Bonchev–Trinajstić information content (AvgIpc) is 2.46. The van der Waals surface area contributed by atoms with E-state index in [1.54, 1.807) is 19.2 Å². The quantitative estimate of drug-likeness (QED) is 0.885. The third-order valence-electron chi connectivity index (χ3n) is 3.22. The molecular weight excluding hydrogens is 277 g/mol. The summed E-state index contributed by atoms with van der Waals surface area (Å²) in [5, 5.41) is 3.67. The van der Waals surface area contributed by atoms with E-state index >= 15 is 0 Å². The van der Waals surface area contributed by atoms with E-state index in [1.807, 2.05) is 31.2 Å². The molecule has 0 bridgehead atoms. The van der Waals surface area contributed by atoms with E-state index in [4.69, 9.17) is 16.3 Å². The molecule has 2 aromatic rings. The maximum Gasteiger partial charge on any atom is 0.131 e. The Kier molecular flexibility index (Phi) is 4.99. The second-order valence-electron chi connectivity index (χ2n) is 4.54. The van der Waals surface area contributed by atoms with Crippen LogP contribution in [0.4, 0.5) is 4.39 Å². The molecule has 1 unspecified atom stereocenters. The largest absolute Gasteiger partial charge is 0.488 e. The Morgan fingerprint density at radius 3 is 2.65 bits per heavy atom. The third-order valence-corrected chi connectivity index (χ3v) is 3.59. The van der Waals surface area contributed by atoms with E-state index in [0.29, 0.717) is 22.9 Å². The van der Waals surface area contributed by atoms with Gasteiger partial charge in [-0.1, -0.05) is 35.9 Å². The first-order chi connectivity index (χ1) is 9.63. The van der Waals surface area contributed by atoms with E-state index < -0.39 is 0 Å². The minimum Gasteiger partial charge on any atom is -0.488 e. The van der Waals surface area contributed by atoms with Gasteiger partial charge in [0.1, 0.15) is 18.2 Å². The molecule has 2 nitrogen and oxygen atoms in total. The molecule has 0 spiro atoms. The highest BCUT2D eigenvalue weighted by Crippen LogP contribution is 2.29. The normalized spacial score (nSPS) is 12.2. The zero-order valence-corrected chi connectivity index (χ0v) is 12.2. The smallest absolute Gasteiger partial charge is 0.131 e. The second kappa shape index (κ2) is 6.73. The van der Waals surface area contributed by atoms with Gasteiger partial charge in [0, 0.05) is 22.2 Å². The summed E-state index contributed by atoms with van der Waals surface area (Å²) in [4.78, 5) is 0. The molecule has 0 heterocycles. The van der Waals surface area contributed by atoms with Gasteiger partial charge >= 0.3 is 0 Å². The molecule has 2 aromatic carbocycles. The van der Waals surface area contributed by atoms with Crippen molar-refractivity contribution in [3.05, 3.63) is 64.4 Å².